The third kappa shape index (κ3) is 8.56. The first kappa shape index (κ1) is 38.2. The van der Waals surface area contributed by atoms with E-state index < -0.39 is 96.5 Å². The lowest BCUT2D eigenvalue weighted by atomic mass is 9.99. The van der Waals surface area contributed by atoms with Crippen LogP contribution in [0.1, 0.15) is 37.2 Å². The highest BCUT2D eigenvalue weighted by atomic mass is 32.5. The number of benzene rings is 4. The Morgan fingerprint density at radius 2 is 1.22 bits per heavy atom. The fourth-order valence-corrected chi connectivity index (χ4v) is 6.02. The highest BCUT2D eigenvalue weighted by Crippen LogP contribution is 3.02. The van der Waals surface area contributed by atoms with E-state index in [1.165, 1.54) is 0 Å². The largest absolute Gasteiger partial charge is 0.432 e. The quantitative estimate of drug-likeness (QED) is 0.113. The Labute approximate surface area is 281 Å². The zero-order chi connectivity index (χ0) is 37.6. The van der Waals surface area contributed by atoms with Gasteiger partial charge in [-0.2, -0.15) is 8.78 Å². The first-order valence-electron chi connectivity index (χ1n) is 14.8. The number of ether oxygens (including phenoxy) is 4. The molecule has 0 aromatic heterocycles. The van der Waals surface area contributed by atoms with Crippen LogP contribution in [-0.4, -0.2) is 25.9 Å². The molecule has 1 aliphatic heterocycles. The van der Waals surface area contributed by atoms with Crippen LogP contribution in [0.15, 0.2) is 65.6 Å². The summed E-state index contributed by atoms with van der Waals surface area (Å²) in [4.78, 5) is -3.40. The lowest BCUT2D eigenvalue weighted by Crippen LogP contribution is -2.34. The lowest BCUT2D eigenvalue weighted by Gasteiger charge is -2.40. The summed E-state index contributed by atoms with van der Waals surface area (Å²) < 4.78 is 204. The number of alkyl halides is 2. The second-order valence-corrected chi connectivity index (χ2v) is 13.7. The van der Waals surface area contributed by atoms with Gasteiger partial charge in [0.25, 0.3) is 0 Å². The van der Waals surface area contributed by atoms with Gasteiger partial charge >= 0.3 is 16.3 Å². The summed E-state index contributed by atoms with van der Waals surface area (Å²) in [5, 5.41) is 0. The third-order valence-corrected chi connectivity index (χ3v) is 8.67. The highest BCUT2D eigenvalue weighted by molar-refractivity contribution is 8.45. The van der Waals surface area contributed by atoms with Gasteiger partial charge in [-0.15, -0.1) is 0 Å². The summed E-state index contributed by atoms with van der Waals surface area (Å²) in [5.74, 6) is -12.5. The van der Waals surface area contributed by atoms with E-state index in [1.54, 1.807) is 0 Å². The fraction of sp³-hybridized carbons (Fsp3) is 0.273. The molecule has 1 heterocycles. The van der Waals surface area contributed by atoms with Gasteiger partial charge in [-0.05, 0) is 60.0 Å². The molecule has 0 amide bonds. The average molecular weight is 765 g/mol. The summed E-state index contributed by atoms with van der Waals surface area (Å²) in [6, 6.07) is 4.97. The molecule has 1 saturated heterocycles. The minimum atomic E-state index is -10.8. The first-order chi connectivity index (χ1) is 23.6. The maximum atomic E-state index is 15.0. The molecule has 5 rings (SSSR count). The molecule has 4 aromatic carbocycles. The van der Waals surface area contributed by atoms with Crippen molar-refractivity contribution in [1.29, 1.82) is 0 Å². The molecule has 278 valence electrons. The van der Waals surface area contributed by atoms with Gasteiger partial charge in [0, 0.05) is 29.4 Å². The maximum absolute atomic E-state index is 15.0. The molecule has 51 heavy (non-hydrogen) atoms. The van der Waals surface area contributed by atoms with Crippen LogP contribution < -0.4 is 4.74 Å². The Morgan fingerprint density at radius 3 is 1.75 bits per heavy atom. The molecule has 0 unspecified atom stereocenters. The van der Waals surface area contributed by atoms with E-state index >= 15 is 13.2 Å². The molecule has 1 fully saturated rings. The lowest BCUT2D eigenvalue weighted by molar-refractivity contribution is -0.230. The fourth-order valence-electron chi connectivity index (χ4n) is 5.17. The number of hydrogen-bond donors (Lipinski definition) is 0. The molecule has 0 aliphatic carbocycles. The number of halogens is 13. The summed E-state index contributed by atoms with van der Waals surface area (Å²) >= 11 is 0. The van der Waals surface area contributed by atoms with Gasteiger partial charge in [0.1, 0.15) is 52.3 Å². The van der Waals surface area contributed by atoms with Crippen LogP contribution in [0.4, 0.5) is 54.6 Å². The summed E-state index contributed by atoms with van der Waals surface area (Å²) in [5.41, 5.74) is -4.53. The topological polar surface area (TPSA) is 36.9 Å². The van der Waals surface area contributed by atoms with E-state index in [4.69, 9.17) is 14.2 Å². The van der Waals surface area contributed by atoms with Crippen LogP contribution in [0.2, 0.25) is 0 Å². The van der Waals surface area contributed by atoms with Crippen molar-refractivity contribution in [3.05, 3.63) is 107 Å². The average Bonchev–Trinajstić information content (AvgIpc) is 2.99. The van der Waals surface area contributed by atoms with E-state index in [0.717, 1.165) is 37.1 Å². The number of rotatable bonds is 11. The molecule has 1 aliphatic rings. The maximum Gasteiger partial charge on any atom is 0.432 e. The van der Waals surface area contributed by atoms with E-state index in [-0.39, 0.29) is 36.5 Å². The minimum Gasteiger partial charge on any atom is -0.429 e. The van der Waals surface area contributed by atoms with Crippen molar-refractivity contribution >= 4 is 10.2 Å². The van der Waals surface area contributed by atoms with Gasteiger partial charge in [-0.3, -0.25) is 0 Å². The Morgan fingerprint density at radius 1 is 0.686 bits per heavy atom. The van der Waals surface area contributed by atoms with Crippen molar-refractivity contribution in [3.8, 4) is 28.0 Å². The molecule has 4 aromatic rings. The van der Waals surface area contributed by atoms with Crippen molar-refractivity contribution in [2.24, 2.45) is 0 Å². The van der Waals surface area contributed by atoms with E-state index in [0.29, 0.717) is 30.9 Å². The van der Waals surface area contributed by atoms with E-state index in [2.05, 4.69) is 4.74 Å². The van der Waals surface area contributed by atoms with Gasteiger partial charge in [0.2, 0.25) is 0 Å². The third-order valence-electron chi connectivity index (χ3n) is 7.51. The van der Waals surface area contributed by atoms with Crippen molar-refractivity contribution in [3.63, 3.8) is 0 Å². The van der Waals surface area contributed by atoms with Crippen LogP contribution in [0.5, 0.6) is 5.75 Å². The second-order valence-electron chi connectivity index (χ2n) is 11.4. The molecule has 0 spiro atoms. The minimum absolute atomic E-state index is 0.0145. The standard InChI is InChI=1S/C33H25F13O4S/c1-2-3-8-47-21-15-48-32(49-16-21)19-12-26(36)30(27(37)13-19)33(40,41)50-20-5-7-22(25(35)14-20)17-4-6-23(24(34)9-17)18-10-28(38)31(29(39)11-18)51(42,43,44,45)46/h4-7,9-14,21,32H,2-3,8,15-16H2,1H3. The summed E-state index contributed by atoms with van der Waals surface area (Å²) in [6.07, 6.45) is -4.73. The first-order valence-corrected chi connectivity index (χ1v) is 16.8. The number of unbranched alkanes of at least 4 members (excludes halogenated alkanes) is 1. The van der Waals surface area contributed by atoms with Crippen LogP contribution in [0.3, 0.4) is 0 Å². The molecule has 0 saturated carbocycles. The zero-order valence-electron chi connectivity index (χ0n) is 25.9. The number of hydrogen-bond acceptors (Lipinski definition) is 4. The van der Waals surface area contributed by atoms with Crippen LogP contribution in [0.25, 0.3) is 22.3 Å². The van der Waals surface area contributed by atoms with Gasteiger partial charge in [-0.25, -0.2) is 26.3 Å². The molecule has 0 N–H and O–H groups in total. The van der Waals surface area contributed by atoms with Gasteiger partial charge in [0.05, 0.1) is 13.2 Å². The highest BCUT2D eigenvalue weighted by Gasteiger charge is 2.69. The van der Waals surface area contributed by atoms with Gasteiger partial charge < -0.3 is 18.9 Å². The second kappa shape index (κ2) is 13.2. The SMILES string of the molecule is CCCCOC1COC(c2cc(F)c(C(F)(F)Oc3ccc(-c4ccc(-c5cc(F)c(S(F)(F)(F)(F)F)c(F)c5)c(F)c4)c(F)c3)c(F)c2)OC1. The van der Waals surface area contributed by atoms with Crippen molar-refractivity contribution in [2.75, 3.05) is 19.8 Å². The molecule has 0 atom stereocenters. The molecule has 18 heteroatoms. The molecule has 0 radical (unpaired) electrons. The van der Waals surface area contributed by atoms with Crippen molar-refractivity contribution < 1.29 is 73.5 Å². The van der Waals surface area contributed by atoms with E-state index in [1.807, 2.05) is 6.92 Å². The molecule has 0 bridgehead atoms. The van der Waals surface area contributed by atoms with Gasteiger partial charge in [0.15, 0.2) is 11.2 Å². The normalized spacial score (nSPS) is 18.3. The molecular weight excluding hydrogens is 739 g/mol. The van der Waals surface area contributed by atoms with Crippen LogP contribution in [-0.2, 0) is 20.3 Å². The zero-order valence-corrected chi connectivity index (χ0v) is 26.7. The smallest absolute Gasteiger partial charge is 0.429 e. The van der Waals surface area contributed by atoms with Crippen LogP contribution in [0, 0.1) is 34.9 Å². The Kier molecular flexibility index (Phi) is 9.90. The summed E-state index contributed by atoms with van der Waals surface area (Å²) in [6.45, 7) is 2.44. The van der Waals surface area contributed by atoms with Crippen molar-refractivity contribution in [2.45, 2.75) is 43.2 Å². The Bertz CT molecular complexity index is 1900. The van der Waals surface area contributed by atoms with Gasteiger partial charge in [-0.1, -0.05) is 44.9 Å². The van der Waals surface area contributed by atoms with E-state index in [9.17, 15) is 41.4 Å². The Hall–Kier alpha value is -4.00. The molecule has 4 nitrogen and oxygen atoms in total. The predicted octanol–water partition coefficient (Wildman–Crippen LogP) is 11.9. The van der Waals surface area contributed by atoms with Crippen molar-refractivity contribution in [1.82, 2.24) is 0 Å². The molecular formula is C33H25F13O4S. The van der Waals surface area contributed by atoms with Crippen LogP contribution >= 0.6 is 10.2 Å². The summed E-state index contributed by atoms with van der Waals surface area (Å²) in [7, 11) is -10.8. The Balaban J connectivity index is 1.32. The monoisotopic (exact) mass is 764 g/mol. The predicted molar refractivity (Wildman–Crippen MR) is 159 cm³/mol.